The van der Waals surface area contributed by atoms with Crippen LogP contribution in [0.15, 0.2) is 64.7 Å². The van der Waals surface area contributed by atoms with Crippen molar-refractivity contribution in [3.8, 4) is 5.75 Å². The highest BCUT2D eigenvalue weighted by Crippen LogP contribution is 2.21. The van der Waals surface area contributed by atoms with E-state index in [0.717, 1.165) is 5.56 Å². The minimum Gasteiger partial charge on any atom is -0.507 e. The minimum absolute atomic E-state index is 0.140. The van der Waals surface area contributed by atoms with E-state index in [1.54, 1.807) is 30.3 Å². The van der Waals surface area contributed by atoms with Gasteiger partial charge in [0.25, 0.3) is 5.91 Å². The van der Waals surface area contributed by atoms with Crippen LogP contribution in [0, 0.1) is 0 Å². The first-order valence-electron chi connectivity index (χ1n) is 6.63. The van der Waals surface area contributed by atoms with Crippen molar-refractivity contribution in [2.45, 2.75) is 6.42 Å². The third kappa shape index (κ3) is 3.83. The fourth-order valence-electron chi connectivity index (χ4n) is 1.90. The van der Waals surface area contributed by atoms with E-state index in [0.29, 0.717) is 22.0 Å². The molecule has 0 atom stereocenters. The molecule has 0 aliphatic heterocycles. The summed E-state index contributed by atoms with van der Waals surface area (Å²) in [5, 5.41) is 14.0. The number of allylic oxidation sites excluding steroid dienone is 1. The highest BCUT2D eigenvalue weighted by Gasteiger charge is 2.08. The third-order valence-electron chi connectivity index (χ3n) is 3.00. The number of nitrogens with zero attached hydrogens (tertiary/aromatic N) is 1. The number of amides is 1. The van der Waals surface area contributed by atoms with E-state index in [2.05, 4.69) is 33.0 Å². The lowest BCUT2D eigenvalue weighted by atomic mass is 10.1. The normalized spacial score (nSPS) is 10.6. The molecule has 0 fully saturated rings. The molecule has 0 aliphatic carbocycles. The number of carbonyl (C=O) groups is 1. The quantitative estimate of drug-likeness (QED) is 0.486. The van der Waals surface area contributed by atoms with Crippen LogP contribution in [0.3, 0.4) is 0 Å². The van der Waals surface area contributed by atoms with Crippen LogP contribution < -0.4 is 5.43 Å². The molecule has 0 aliphatic rings. The molecule has 112 valence electrons. The zero-order valence-corrected chi connectivity index (χ0v) is 13.4. The lowest BCUT2D eigenvalue weighted by Crippen LogP contribution is -2.18. The molecule has 0 unspecified atom stereocenters. The van der Waals surface area contributed by atoms with Crippen molar-refractivity contribution in [2.24, 2.45) is 5.10 Å². The topological polar surface area (TPSA) is 61.7 Å². The number of nitrogens with one attached hydrogen (secondary N) is 1. The van der Waals surface area contributed by atoms with Gasteiger partial charge in [-0.2, -0.15) is 5.10 Å². The van der Waals surface area contributed by atoms with Crippen molar-refractivity contribution in [3.63, 3.8) is 0 Å². The van der Waals surface area contributed by atoms with E-state index in [1.807, 2.05) is 18.2 Å². The standard InChI is InChI=1S/C17H15BrN2O2/c1-2-6-12-7-5-8-13(16(12)21)11-19-20-17(22)14-9-3-4-10-15(14)18/h2-5,7-11,21H,1,6H2,(H,20,22). The molecule has 1 amide bonds. The van der Waals surface area contributed by atoms with E-state index >= 15 is 0 Å². The fourth-order valence-corrected chi connectivity index (χ4v) is 2.37. The van der Waals surface area contributed by atoms with E-state index < -0.39 is 0 Å². The molecule has 5 heteroatoms. The molecule has 0 heterocycles. The summed E-state index contributed by atoms with van der Waals surface area (Å²) < 4.78 is 0.693. The van der Waals surface area contributed by atoms with E-state index in [-0.39, 0.29) is 11.7 Å². The van der Waals surface area contributed by atoms with Gasteiger partial charge in [0.15, 0.2) is 0 Å². The summed E-state index contributed by atoms with van der Waals surface area (Å²) in [5.41, 5.74) is 4.22. The number of aromatic hydroxyl groups is 1. The Morgan fingerprint density at radius 3 is 2.77 bits per heavy atom. The summed E-state index contributed by atoms with van der Waals surface area (Å²) in [7, 11) is 0. The van der Waals surface area contributed by atoms with Crippen molar-refractivity contribution in [2.75, 3.05) is 0 Å². The number of hydrazone groups is 1. The Bertz CT molecular complexity index is 726. The highest BCUT2D eigenvalue weighted by atomic mass is 79.9. The van der Waals surface area contributed by atoms with Gasteiger partial charge in [-0.05, 0) is 46.1 Å². The molecule has 0 saturated heterocycles. The van der Waals surface area contributed by atoms with Crippen molar-refractivity contribution in [1.82, 2.24) is 5.43 Å². The number of para-hydroxylation sites is 1. The van der Waals surface area contributed by atoms with Crippen molar-refractivity contribution >= 4 is 28.1 Å². The molecule has 2 aromatic rings. The van der Waals surface area contributed by atoms with E-state index in [9.17, 15) is 9.90 Å². The first kappa shape index (κ1) is 16.0. The zero-order chi connectivity index (χ0) is 15.9. The van der Waals surface area contributed by atoms with Crippen molar-refractivity contribution in [1.29, 1.82) is 0 Å². The predicted molar refractivity (Wildman–Crippen MR) is 91.2 cm³/mol. The van der Waals surface area contributed by atoms with Crippen LogP contribution in [0.5, 0.6) is 5.75 Å². The maximum absolute atomic E-state index is 12.0. The third-order valence-corrected chi connectivity index (χ3v) is 3.69. The van der Waals surface area contributed by atoms with Gasteiger partial charge < -0.3 is 5.11 Å². The molecular weight excluding hydrogens is 344 g/mol. The van der Waals surface area contributed by atoms with Gasteiger partial charge in [-0.15, -0.1) is 6.58 Å². The summed E-state index contributed by atoms with van der Waals surface area (Å²) in [5.74, 6) is -0.188. The monoisotopic (exact) mass is 358 g/mol. The van der Waals surface area contributed by atoms with Crippen LogP contribution in [-0.2, 0) is 6.42 Å². The van der Waals surface area contributed by atoms with Crippen LogP contribution >= 0.6 is 15.9 Å². The summed E-state index contributed by atoms with van der Waals surface area (Å²) >= 11 is 3.31. The number of phenols is 1. The Balaban J connectivity index is 2.10. The van der Waals surface area contributed by atoms with Crippen LogP contribution in [-0.4, -0.2) is 17.2 Å². The molecular formula is C17H15BrN2O2. The Hall–Kier alpha value is -2.40. The van der Waals surface area contributed by atoms with Gasteiger partial charge in [0, 0.05) is 10.0 Å². The van der Waals surface area contributed by atoms with E-state index in [1.165, 1.54) is 6.21 Å². The molecule has 0 bridgehead atoms. The van der Waals surface area contributed by atoms with Gasteiger partial charge in [0.2, 0.25) is 0 Å². The van der Waals surface area contributed by atoms with E-state index in [4.69, 9.17) is 0 Å². The van der Waals surface area contributed by atoms with Gasteiger partial charge in [0.1, 0.15) is 5.75 Å². The molecule has 0 saturated carbocycles. The number of rotatable bonds is 5. The Kier molecular flexibility index (Phi) is 5.49. The largest absolute Gasteiger partial charge is 0.507 e. The number of phenolic OH excluding ortho intramolecular Hbond substituents is 1. The maximum atomic E-state index is 12.0. The second-order valence-corrected chi connectivity index (χ2v) is 5.38. The predicted octanol–water partition coefficient (Wildman–Crippen LogP) is 3.65. The SMILES string of the molecule is C=CCc1cccc(C=NNC(=O)c2ccccc2Br)c1O. The molecule has 0 aromatic heterocycles. The number of hydrogen-bond donors (Lipinski definition) is 2. The van der Waals surface area contributed by atoms with Gasteiger partial charge in [-0.25, -0.2) is 5.43 Å². The highest BCUT2D eigenvalue weighted by molar-refractivity contribution is 9.10. The molecule has 4 nitrogen and oxygen atoms in total. The number of carbonyl (C=O) groups excluding carboxylic acids is 1. The summed E-state index contributed by atoms with van der Waals surface area (Å²) in [4.78, 5) is 12.0. The first-order valence-corrected chi connectivity index (χ1v) is 7.42. The zero-order valence-electron chi connectivity index (χ0n) is 11.8. The Labute approximate surface area is 137 Å². The molecule has 2 aromatic carbocycles. The van der Waals surface area contributed by atoms with Crippen LogP contribution in [0.4, 0.5) is 0 Å². The first-order chi connectivity index (χ1) is 10.6. The van der Waals surface area contributed by atoms with Gasteiger partial charge in [-0.3, -0.25) is 4.79 Å². The van der Waals surface area contributed by atoms with Gasteiger partial charge >= 0.3 is 0 Å². The molecule has 0 spiro atoms. The molecule has 0 radical (unpaired) electrons. The maximum Gasteiger partial charge on any atom is 0.272 e. The average Bonchev–Trinajstić information content (AvgIpc) is 2.51. The molecule has 2 rings (SSSR count). The van der Waals surface area contributed by atoms with Crippen molar-refractivity contribution in [3.05, 3.63) is 76.3 Å². The lowest BCUT2D eigenvalue weighted by Gasteiger charge is -2.05. The second kappa shape index (κ2) is 7.56. The van der Waals surface area contributed by atoms with Crippen LogP contribution in [0.25, 0.3) is 0 Å². The van der Waals surface area contributed by atoms with Gasteiger partial charge in [0.05, 0.1) is 11.8 Å². The average molecular weight is 359 g/mol. The lowest BCUT2D eigenvalue weighted by molar-refractivity contribution is 0.0954. The summed E-state index contributed by atoms with van der Waals surface area (Å²) in [6.07, 6.45) is 3.69. The minimum atomic E-state index is -0.328. The number of halogens is 1. The Morgan fingerprint density at radius 2 is 2.05 bits per heavy atom. The van der Waals surface area contributed by atoms with Crippen LogP contribution in [0.1, 0.15) is 21.5 Å². The van der Waals surface area contributed by atoms with Gasteiger partial charge in [-0.1, -0.05) is 30.3 Å². The Morgan fingerprint density at radius 1 is 1.27 bits per heavy atom. The fraction of sp³-hybridized carbons (Fsp3) is 0.0588. The number of hydrogen-bond acceptors (Lipinski definition) is 3. The smallest absolute Gasteiger partial charge is 0.272 e. The van der Waals surface area contributed by atoms with Crippen molar-refractivity contribution < 1.29 is 9.90 Å². The molecule has 2 N–H and O–H groups in total. The summed E-state index contributed by atoms with van der Waals surface area (Å²) in [6, 6.07) is 12.4. The van der Waals surface area contributed by atoms with Crippen LogP contribution in [0.2, 0.25) is 0 Å². The summed E-state index contributed by atoms with van der Waals surface area (Å²) in [6.45, 7) is 3.65. The number of benzene rings is 2. The second-order valence-electron chi connectivity index (χ2n) is 4.53. The molecule has 22 heavy (non-hydrogen) atoms.